The minimum Gasteiger partial charge on any atom is -0.308 e. The number of anilines is 1. The Labute approximate surface area is 66.8 Å². The number of hydrogen-bond donors (Lipinski definition) is 3. The van der Waals surface area contributed by atoms with Gasteiger partial charge in [0.25, 0.3) is 0 Å². The number of benzene rings is 1. The molecule has 0 saturated heterocycles. The predicted octanol–water partition coefficient (Wildman–Crippen LogP) is 0.703. The molecule has 11 heavy (non-hydrogen) atoms. The second-order valence-electron chi connectivity index (χ2n) is 2.26. The van der Waals surface area contributed by atoms with Gasteiger partial charge < -0.3 is 5.43 Å². The maximum atomic E-state index is 3.00. The van der Waals surface area contributed by atoms with E-state index in [9.17, 15) is 0 Å². The van der Waals surface area contributed by atoms with Gasteiger partial charge >= 0.3 is 0 Å². The van der Waals surface area contributed by atoms with Gasteiger partial charge in [-0.05, 0) is 11.6 Å². The first kappa shape index (κ1) is 8.04. The predicted molar refractivity (Wildman–Crippen MR) is 43.3 cm³/mol. The van der Waals surface area contributed by atoms with Gasteiger partial charge in [-0.25, -0.2) is 5.43 Å². The highest BCUT2D eigenvalue weighted by atomic mass is 15.6. The lowest BCUT2D eigenvalue weighted by molar-refractivity contribution is 0.567. The number of hydrogen-bond acceptors (Lipinski definition) is 3. The van der Waals surface area contributed by atoms with Crippen LogP contribution in [0.15, 0.2) is 24.3 Å². The molecular formula is C8H9N3. The molecule has 0 amide bonds. The molecule has 1 aliphatic rings. The zero-order valence-electron chi connectivity index (χ0n) is 6.02. The van der Waals surface area contributed by atoms with E-state index in [4.69, 9.17) is 0 Å². The number of rotatable bonds is 0. The number of hydrazine groups is 2. The Morgan fingerprint density at radius 3 is 2.82 bits per heavy atom. The standard InChI is InChI=1S/C7H9N3.C/c1-2-4-7-6(3-1)5-8-10-9-7;/h1-4,8-10H,5H2;. The highest BCUT2D eigenvalue weighted by molar-refractivity contribution is 5.51. The molecule has 4 radical (unpaired) electrons. The second-order valence-corrected chi connectivity index (χ2v) is 2.26. The van der Waals surface area contributed by atoms with E-state index in [1.807, 2.05) is 18.2 Å². The van der Waals surface area contributed by atoms with Crippen molar-refractivity contribution in [3.05, 3.63) is 37.3 Å². The molecule has 1 aromatic carbocycles. The SMILES string of the molecule is [C].c1ccc2c(c1)CNNN2. The van der Waals surface area contributed by atoms with Crippen molar-refractivity contribution >= 4 is 5.69 Å². The Hall–Kier alpha value is -1.06. The van der Waals surface area contributed by atoms with Crippen LogP contribution in [-0.2, 0) is 6.54 Å². The summed E-state index contributed by atoms with van der Waals surface area (Å²) < 4.78 is 0. The van der Waals surface area contributed by atoms with Crippen molar-refractivity contribution in [2.45, 2.75) is 6.54 Å². The van der Waals surface area contributed by atoms with Crippen LogP contribution >= 0.6 is 0 Å². The molecule has 0 unspecified atom stereocenters. The fourth-order valence-corrected chi connectivity index (χ4v) is 1.05. The first-order chi connectivity index (χ1) is 4.97. The Kier molecular flexibility index (Phi) is 2.46. The Balaban J connectivity index is 0.000000605. The van der Waals surface area contributed by atoms with Crippen molar-refractivity contribution in [2.24, 2.45) is 0 Å². The van der Waals surface area contributed by atoms with Crippen LogP contribution in [0.5, 0.6) is 0 Å². The summed E-state index contributed by atoms with van der Waals surface area (Å²) in [6.45, 7) is 0.878. The average Bonchev–Trinajstić information content (AvgIpc) is 2.05. The summed E-state index contributed by atoms with van der Waals surface area (Å²) in [5.41, 5.74) is 11.3. The van der Waals surface area contributed by atoms with E-state index in [1.165, 1.54) is 5.56 Å². The Morgan fingerprint density at radius 1 is 1.18 bits per heavy atom. The molecule has 56 valence electrons. The molecule has 2 rings (SSSR count). The number of fused-ring (bicyclic) bond motifs is 1. The van der Waals surface area contributed by atoms with Crippen molar-refractivity contribution in [1.82, 2.24) is 11.0 Å². The molecule has 0 aromatic heterocycles. The third-order valence-electron chi connectivity index (χ3n) is 1.58. The summed E-state index contributed by atoms with van der Waals surface area (Å²) in [5.74, 6) is 0. The summed E-state index contributed by atoms with van der Waals surface area (Å²) in [5, 5.41) is 0. The topological polar surface area (TPSA) is 36.1 Å². The lowest BCUT2D eigenvalue weighted by Crippen LogP contribution is -2.40. The molecule has 0 aliphatic carbocycles. The normalized spacial score (nSPS) is 14.2. The van der Waals surface area contributed by atoms with Crippen molar-refractivity contribution in [2.75, 3.05) is 5.43 Å². The van der Waals surface area contributed by atoms with E-state index in [-0.39, 0.29) is 7.43 Å². The molecule has 3 heteroatoms. The van der Waals surface area contributed by atoms with Gasteiger partial charge in [-0.15, -0.1) is 0 Å². The Bertz CT molecular complexity index is 210. The monoisotopic (exact) mass is 147 g/mol. The van der Waals surface area contributed by atoms with E-state index in [0.717, 1.165) is 12.2 Å². The fraction of sp³-hybridized carbons (Fsp3) is 0.125. The van der Waals surface area contributed by atoms with Crippen molar-refractivity contribution < 1.29 is 0 Å². The molecule has 1 aliphatic heterocycles. The quantitative estimate of drug-likeness (QED) is 0.505. The first-order valence-corrected chi connectivity index (χ1v) is 3.28. The molecule has 0 bridgehead atoms. The van der Waals surface area contributed by atoms with Gasteiger partial charge in [-0.3, -0.25) is 0 Å². The third-order valence-corrected chi connectivity index (χ3v) is 1.58. The number of nitrogens with one attached hydrogen (secondary N) is 3. The highest BCUT2D eigenvalue weighted by Crippen LogP contribution is 2.14. The van der Waals surface area contributed by atoms with Gasteiger partial charge in [-0.2, -0.15) is 5.53 Å². The zero-order chi connectivity index (χ0) is 6.81. The molecule has 3 nitrogen and oxygen atoms in total. The van der Waals surface area contributed by atoms with Crippen LogP contribution in [0.25, 0.3) is 0 Å². The summed E-state index contributed by atoms with van der Waals surface area (Å²) >= 11 is 0. The summed E-state index contributed by atoms with van der Waals surface area (Å²) in [4.78, 5) is 0. The second kappa shape index (κ2) is 3.37. The van der Waals surface area contributed by atoms with Crippen LogP contribution in [-0.4, -0.2) is 0 Å². The maximum absolute atomic E-state index is 3.00. The van der Waals surface area contributed by atoms with E-state index in [1.54, 1.807) is 0 Å². The van der Waals surface area contributed by atoms with Gasteiger partial charge in [0.2, 0.25) is 0 Å². The molecule has 0 atom stereocenters. The smallest absolute Gasteiger partial charge is 0.0546 e. The Morgan fingerprint density at radius 2 is 2.00 bits per heavy atom. The molecule has 0 fully saturated rings. The molecule has 1 heterocycles. The van der Waals surface area contributed by atoms with Crippen LogP contribution in [0.2, 0.25) is 0 Å². The van der Waals surface area contributed by atoms with E-state index in [2.05, 4.69) is 22.5 Å². The molecule has 0 saturated carbocycles. The van der Waals surface area contributed by atoms with E-state index in [0.29, 0.717) is 0 Å². The molecule has 3 N–H and O–H groups in total. The van der Waals surface area contributed by atoms with Crippen LogP contribution in [0.4, 0.5) is 5.69 Å². The highest BCUT2D eigenvalue weighted by Gasteiger charge is 2.03. The largest absolute Gasteiger partial charge is 0.308 e. The van der Waals surface area contributed by atoms with Crippen LogP contribution in [0.1, 0.15) is 5.56 Å². The molecule has 1 aromatic rings. The minimum absolute atomic E-state index is 0. The lowest BCUT2D eigenvalue weighted by atomic mass is 10.2. The average molecular weight is 147 g/mol. The fourth-order valence-electron chi connectivity index (χ4n) is 1.05. The zero-order valence-corrected chi connectivity index (χ0v) is 6.02. The molecule has 0 spiro atoms. The number of para-hydroxylation sites is 1. The summed E-state index contributed by atoms with van der Waals surface area (Å²) in [6.07, 6.45) is 0. The lowest BCUT2D eigenvalue weighted by Gasteiger charge is -2.18. The van der Waals surface area contributed by atoms with Crippen molar-refractivity contribution in [3.63, 3.8) is 0 Å². The van der Waals surface area contributed by atoms with E-state index >= 15 is 0 Å². The maximum Gasteiger partial charge on any atom is 0.0546 e. The minimum atomic E-state index is 0. The van der Waals surface area contributed by atoms with Gasteiger partial charge in [0.05, 0.1) is 5.69 Å². The van der Waals surface area contributed by atoms with Gasteiger partial charge in [0.15, 0.2) is 0 Å². The van der Waals surface area contributed by atoms with Crippen molar-refractivity contribution in [1.29, 1.82) is 0 Å². The van der Waals surface area contributed by atoms with Crippen molar-refractivity contribution in [3.8, 4) is 0 Å². The van der Waals surface area contributed by atoms with Crippen LogP contribution < -0.4 is 16.4 Å². The summed E-state index contributed by atoms with van der Waals surface area (Å²) in [7, 11) is 0. The van der Waals surface area contributed by atoms with Gasteiger partial charge in [0.1, 0.15) is 0 Å². The van der Waals surface area contributed by atoms with Crippen LogP contribution in [0.3, 0.4) is 0 Å². The van der Waals surface area contributed by atoms with Crippen LogP contribution in [0, 0.1) is 7.43 Å². The van der Waals surface area contributed by atoms with Gasteiger partial charge in [-0.1, -0.05) is 18.2 Å². The third kappa shape index (κ3) is 1.50. The van der Waals surface area contributed by atoms with Gasteiger partial charge in [0, 0.05) is 14.0 Å². The van der Waals surface area contributed by atoms with E-state index < -0.39 is 0 Å². The summed E-state index contributed by atoms with van der Waals surface area (Å²) in [6, 6.07) is 8.19. The molecular weight excluding hydrogens is 138 g/mol. The first-order valence-electron chi connectivity index (χ1n) is 3.28.